The van der Waals surface area contributed by atoms with Gasteiger partial charge in [-0.3, -0.25) is 9.59 Å². The highest BCUT2D eigenvalue weighted by atomic mass is 32.1. The number of unbranched alkanes of at least 4 members (excludes halogenated alkanes) is 15. The molecule has 0 saturated heterocycles. The van der Waals surface area contributed by atoms with Crippen LogP contribution in [0.5, 0.6) is 0 Å². The molecular formula is C39H60O4S. The third kappa shape index (κ3) is 12.8. The Hall–Kier alpha value is -1.95. The minimum Gasteiger partial charge on any atom is -0.382 e. The Morgan fingerprint density at radius 1 is 0.523 bits per heavy atom. The molecule has 0 atom stereocenters. The number of ketones is 2. The summed E-state index contributed by atoms with van der Waals surface area (Å²) in [6.07, 6.45) is 21.9. The van der Waals surface area contributed by atoms with Crippen molar-refractivity contribution in [1.82, 2.24) is 0 Å². The second-order valence-corrected chi connectivity index (χ2v) is 14.6. The number of carbonyl (C=O) groups is 2. The van der Waals surface area contributed by atoms with E-state index >= 15 is 0 Å². The maximum atomic E-state index is 12.6. The molecule has 246 valence electrons. The van der Waals surface area contributed by atoms with Crippen LogP contribution >= 0.6 is 12.6 Å². The fourth-order valence-corrected chi connectivity index (χ4v) is 6.34. The molecule has 0 aliphatic carbocycles. The van der Waals surface area contributed by atoms with Crippen molar-refractivity contribution in [3.63, 3.8) is 0 Å². The summed E-state index contributed by atoms with van der Waals surface area (Å²) >= 11 is 5.24. The normalized spacial score (nSPS) is 12.5. The Morgan fingerprint density at radius 3 is 1.07 bits per heavy atom. The van der Waals surface area contributed by atoms with Gasteiger partial charge in [-0.05, 0) is 45.2 Å². The first-order valence-electron chi connectivity index (χ1n) is 17.3. The highest BCUT2D eigenvalue weighted by Crippen LogP contribution is 2.41. The predicted octanol–water partition coefficient (Wildman–Crippen LogP) is 10.4. The highest BCUT2D eigenvalue weighted by Gasteiger charge is 2.32. The summed E-state index contributed by atoms with van der Waals surface area (Å²) in [7, 11) is 0. The number of Topliss-reactive ketones (excluding diaryl/α,β-unsaturated/α-hetero) is 2. The average Bonchev–Trinajstić information content (AvgIpc) is 2.99. The van der Waals surface area contributed by atoms with Crippen LogP contribution in [0, 0.1) is 0 Å². The van der Waals surface area contributed by atoms with Gasteiger partial charge in [0.15, 0.2) is 11.6 Å². The number of carbonyl (C=O) groups excluding carboxylic acids is 2. The van der Waals surface area contributed by atoms with Gasteiger partial charge in [0, 0.05) is 11.1 Å². The van der Waals surface area contributed by atoms with Crippen molar-refractivity contribution in [2.75, 3.05) is 0 Å². The number of hydrogen-bond donors (Lipinski definition) is 3. The van der Waals surface area contributed by atoms with E-state index in [1.165, 1.54) is 118 Å². The van der Waals surface area contributed by atoms with Crippen LogP contribution in [-0.4, -0.2) is 33.0 Å². The molecule has 0 bridgehead atoms. The van der Waals surface area contributed by atoms with E-state index in [9.17, 15) is 19.8 Å². The minimum atomic E-state index is -1.43. The lowest BCUT2D eigenvalue weighted by atomic mass is 9.83. The maximum absolute atomic E-state index is 12.6. The summed E-state index contributed by atoms with van der Waals surface area (Å²) in [6.45, 7) is 8.27. The third-order valence-corrected chi connectivity index (χ3v) is 9.49. The molecular weight excluding hydrogens is 564 g/mol. The van der Waals surface area contributed by atoms with E-state index in [1.807, 2.05) is 24.3 Å². The van der Waals surface area contributed by atoms with E-state index < -0.39 is 15.9 Å². The van der Waals surface area contributed by atoms with Gasteiger partial charge >= 0.3 is 0 Å². The molecule has 4 nitrogen and oxygen atoms in total. The molecule has 0 fully saturated rings. The predicted molar refractivity (Wildman–Crippen MR) is 188 cm³/mol. The van der Waals surface area contributed by atoms with Crippen LogP contribution in [0.1, 0.15) is 176 Å². The van der Waals surface area contributed by atoms with Crippen molar-refractivity contribution in [3.8, 4) is 0 Å². The Balaban J connectivity index is 1.91. The first-order chi connectivity index (χ1) is 20.8. The van der Waals surface area contributed by atoms with Crippen LogP contribution in [0.2, 0.25) is 0 Å². The Labute approximate surface area is 273 Å². The second kappa shape index (κ2) is 18.9. The molecule has 0 aromatic heterocycles. The molecule has 2 aromatic carbocycles. The summed E-state index contributed by atoms with van der Waals surface area (Å²) in [5, 5.41) is 20.3. The summed E-state index contributed by atoms with van der Waals surface area (Å²) in [5.74, 6) is -0.637. The molecule has 0 radical (unpaired) electrons. The van der Waals surface area contributed by atoms with E-state index in [0.717, 1.165) is 30.4 Å². The lowest BCUT2D eigenvalue weighted by Crippen LogP contribution is -2.31. The minimum absolute atomic E-state index is 0.318. The smallest absolute Gasteiger partial charge is 0.193 e. The molecule has 44 heavy (non-hydrogen) atoms. The summed E-state index contributed by atoms with van der Waals surface area (Å²) in [5.41, 5.74) is -0.00592. The summed E-state index contributed by atoms with van der Waals surface area (Å²) < 4.78 is -0.609. The van der Waals surface area contributed by atoms with Gasteiger partial charge in [-0.1, -0.05) is 158 Å². The van der Waals surface area contributed by atoms with Crippen LogP contribution in [-0.2, 0) is 4.75 Å². The fourth-order valence-electron chi connectivity index (χ4n) is 5.89. The molecule has 0 heterocycles. The largest absolute Gasteiger partial charge is 0.382 e. The SMILES string of the molecule is CCCCCCCCCCCCCCCCCCC(S)(c1ccc(C(=O)C(C)(C)O)cc1)c1ccc(C(=O)C(C)(C)O)cc1. The molecule has 0 spiro atoms. The zero-order valence-electron chi connectivity index (χ0n) is 28.3. The molecule has 2 N–H and O–H groups in total. The van der Waals surface area contributed by atoms with Crippen molar-refractivity contribution in [2.24, 2.45) is 0 Å². The molecule has 2 aromatic rings. The van der Waals surface area contributed by atoms with Gasteiger partial charge in [0.2, 0.25) is 0 Å². The van der Waals surface area contributed by atoms with Crippen molar-refractivity contribution in [1.29, 1.82) is 0 Å². The van der Waals surface area contributed by atoms with Gasteiger partial charge in [-0.25, -0.2) is 0 Å². The van der Waals surface area contributed by atoms with Crippen molar-refractivity contribution >= 4 is 24.2 Å². The maximum Gasteiger partial charge on any atom is 0.193 e. The van der Waals surface area contributed by atoms with Gasteiger partial charge < -0.3 is 10.2 Å². The fraction of sp³-hybridized carbons (Fsp3) is 0.641. The molecule has 5 heteroatoms. The average molecular weight is 625 g/mol. The lowest BCUT2D eigenvalue weighted by molar-refractivity contribution is 0.0487. The topological polar surface area (TPSA) is 74.6 Å². The lowest BCUT2D eigenvalue weighted by Gasteiger charge is -2.31. The second-order valence-electron chi connectivity index (χ2n) is 13.8. The number of benzene rings is 2. The monoisotopic (exact) mass is 624 g/mol. The summed E-state index contributed by atoms with van der Waals surface area (Å²) in [4.78, 5) is 25.2. The summed E-state index contributed by atoms with van der Waals surface area (Å²) in [6, 6.07) is 14.8. The van der Waals surface area contributed by atoms with E-state index in [4.69, 9.17) is 12.6 Å². The third-order valence-electron chi connectivity index (χ3n) is 8.75. The number of hydrogen-bond acceptors (Lipinski definition) is 5. The number of aliphatic hydroxyl groups is 2. The van der Waals surface area contributed by atoms with Gasteiger partial charge in [-0.15, -0.1) is 0 Å². The molecule has 0 aliphatic heterocycles. The van der Waals surface area contributed by atoms with Crippen LogP contribution < -0.4 is 0 Å². The van der Waals surface area contributed by atoms with E-state index in [-0.39, 0.29) is 11.6 Å². The van der Waals surface area contributed by atoms with Gasteiger partial charge in [0.05, 0.1) is 4.75 Å². The van der Waals surface area contributed by atoms with Gasteiger partial charge in [0.1, 0.15) is 11.2 Å². The van der Waals surface area contributed by atoms with Gasteiger partial charge in [-0.2, -0.15) is 12.6 Å². The quantitative estimate of drug-likeness (QED) is 0.0653. The molecule has 0 aliphatic rings. The van der Waals surface area contributed by atoms with Crippen LogP contribution in [0.3, 0.4) is 0 Å². The van der Waals surface area contributed by atoms with Crippen molar-refractivity contribution < 1.29 is 19.8 Å². The molecule has 0 amide bonds. The first kappa shape index (κ1) is 38.2. The van der Waals surface area contributed by atoms with Crippen molar-refractivity contribution in [3.05, 3.63) is 70.8 Å². The zero-order valence-corrected chi connectivity index (χ0v) is 29.2. The molecule has 0 unspecified atom stereocenters. The van der Waals surface area contributed by atoms with Crippen LogP contribution in [0.25, 0.3) is 0 Å². The van der Waals surface area contributed by atoms with E-state index in [2.05, 4.69) is 6.92 Å². The standard InChI is InChI=1S/C39H60O4S/c1-6-7-8-9-10-11-12-13-14-15-16-17-18-19-20-21-30-39(44,33-26-22-31(23-27-33)35(40)37(2,3)42)34-28-24-32(25-29-34)36(41)38(4,5)43/h22-29,42-44H,6-21,30H2,1-5H3. The van der Waals surface area contributed by atoms with E-state index in [1.54, 1.807) is 24.3 Å². The Morgan fingerprint density at radius 2 is 0.795 bits per heavy atom. The van der Waals surface area contributed by atoms with Crippen LogP contribution in [0.4, 0.5) is 0 Å². The Bertz CT molecular complexity index is 1040. The molecule has 2 rings (SSSR count). The Kier molecular flexibility index (Phi) is 16.4. The zero-order chi connectivity index (χ0) is 32.6. The number of thiol groups is 1. The van der Waals surface area contributed by atoms with E-state index in [0.29, 0.717) is 11.1 Å². The van der Waals surface area contributed by atoms with Gasteiger partial charge in [0.25, 0.3) is 0 Å². The van der Waals surface area contributed by atoms with Crippen molar-refractivity contribution in [2.45, 2.75) is 160 Å². The first-order valence-corrected chi connectivity index (χ1v) is 17.7. The molecule has 0 saturated carbocycles. The highest BCUT2D eigenvalue weighted by molar-refractivity contribution is 7.81. The number of rotatable bonds is 23. The van der Waals surface area contributed by atoms with Crippen LogP contribution in [0.15, 0.2) is 48.5 Å².